The summed E-state index contributed by atoms with van der Waals surface area (Å²) in [5.74, 6) is 0. The molecule has 21 heavy (non-hydrogen) atoms. The number of nitrogens with zero attached hydrogens (tertiary/aromatic N) is 1. The SMILES string of the molecule is CCOC1(C(Cc2ccncc2)NC)CCC(C)(C)CC1. The maximum absolute atomic E-state index is 6.31. The molecule has 1 heterocycles. The van der Waals surface area contributed by atoms with Crippen molar-refractivity contribution in [3.63, 3.8) is 0 Å². The van der Waals surface area contributed by atoms with Gasteiger partial charge in [0, 0.05) is 25.0 Å². The van der Waals surface area contributed by atoms with E-state index < -0.39 is 0 Å². The number of nitrogens with one attached hydrogen (secondary N) is 1. The second-order valence-electron chi connectivity index (χ2n) is 7.06. The Bertz CT molecular complexity index is 420. The Hall–Kier alpha value is -0.930. The topological polar surface area (TPSA) is 34.1 Å². The van der Waals surface area contributed by atoms with Crippen LogP contribution in [0.5, 0.6) is 0 Å². The smallest absolute Gasteiger partial charge is 0.0838 e. The van der Waals surface area contributed by atoms with Crippen molar-refractivity contribution in [3.8, 4) is 0 Å². The zero-order valence-corrected chi connectivity index (χ0v) is 14.0. The van der Waals surface area contributed by atoms with Crippen LogP contribution in [0.25, 0.3) is 0 Å². The fraction of sp³-hybridized carbons (Fsp3) is 0.722. The summed E-state index contributed by atoms with van der Waals surface area (Å²) in [5, 5.41) is 3.53. The molecule has 1 aromatic heterocycles. The van der Waals surface area contributed by atoms with Crippen LogP contribution in [0.3, 0.4) is 0 Å². The van der Waals surface area contributed by atoms with Crippen molar-refractivity contribution in [2.75, 3.05) is 13.7 Å². The number of ether oxygens (including phenoxy) is 1. The highest BCUT2D eigenvalue weighted by atomic mass is 16.5. The van der Waals surface area contributed by atoms with E-state index in [1.807, 2.05) is 12.4 Å². The molecule has 0 aliphatic heterocycles. The minimum absolute atomic E-state index is 0.0255. The van der Waals surface area contributed by atoms with Crippen LogP contribution in [-0.4, -0.2) is 30.3 Å². The van der Waals surface area contributed by atoms with Crippen molar-refractivity contribution in [1.82, 2.24) is 10.3 Å². The molecule has 0 bridgehead atoms. The molecule has 1 unspecified atom stereocenters. The minimum atomic E-state index is -0.0255. The van der Waals surface area contributed by atoms with Gasteiger partial charge in [0.25, 0.3) is 0 Å². The van der Waals surface area contributed by atoms with Gasteiger partial charge >= 0.3 is 0 Å². The van der Waals surface area contributed by atoms with E-state index in [1.165, 1.54) is 18.4 Å². The first-order chi connectivity index (χ1) is 10.0. The Balaban J connectivity index is 2.15. The van der Waals surface area contributed by atoms with Crippen LogP contribution in [-0.2, 0) is 11.2 Å². The number of likely N-dealkylation sites (N-methyl/N-ethyl adjacent to an activating group) is 1. The maximum Gasteiger partial charge on any atom is 0.0838 e. The second kappa shape index (κ2) is 6.89. The lowest BCUT2D eigenvalue weighted by Gasteiger charge is -2.47. The molecule has 0 saturated heterocycles. The average molecular weight is 290 g/mol. The third kappa shape index (κ3) is 4.04. The number of rotatable bonds is 6. The fourth-order valence-electron chi connectivity index (χ4n) is 3.54. The molecule has 1 saturated carbocycles. The predicted octanol–water partition coefficient (Wildman–Crippen LogP) is 3.59. The van der Waals surface area contributed by atoms with Crippen LogP contribution in [0, 0.1) is 5.41 Å². The summed E-state index contributed by atoms with van der Waals surface area (Å²) in [7, 11) is 2.06. The summed E-state index contributed by atoms with van der Waals surface area (Å²) >= 11 is 0. The van der Waals surface area contributed by atoms with Crippen molar-refractivity contribution in [2.45, 2.75) is 64.5 Å². The van der Waals surface area contributed by atoms with E-state index >= 15 is 0 Å². The Morgan fingerprint density at radius 1 is 1.19 bits per heavy atom. The van der Waals surface area contributed by atoms with E-state index in [-0.39, 0.29) is 5.60 Å². The molecule has 3 nitrogen and oxygen atoms in total. The number of hydrogen-bond donors (Lipinski definition) is 1. The van der Waals surface area contributed by atoms with Crippen molar-refractivity contribution in [3.05, 3.63) is 30.1 Å². The summed E-state index contributed by atoms with van der Waals surface area (Å²) in [5.41, 5.74) is 1.76. The quantitative estimate of drug-likeness (QED) is 0.869. The van der Waals surface area contributed by atoms with E-state index in [0.717, 1.165) is 25.9 Å². The lowest BCUT2D eigenvalue weighted by molar-refractivity contribution is -0.105. The molecule has 0 aromatic carbocycles. The standard InChI is InChI=1S/C18H30N2O/c1-5-21-18(10-8-17(2,3)9-11-18)16(19-4)14-15-6-12-20-13-7-15/h6-7,12-13,16,19H,5,8-11,14H2,1-4H3. The summed E-state index contributed by atoms with van der Waals surface area (Å²) in [6.07, 6.45) is 9.51. The number of pyridine rings is 1. The lowest BCUT2D eigenvalue weighted by Crippen LogP contribution is -2.55. The van der Waals surface area contributed by atoms with Crippen LogP contribution in [0.15, 0.2) is 24.5 Å². The molecule has 3 heteroatoms. The van der Waals surface area contributed by atoms with Gasteiger partial charge in [-0.2, -0.15) is 0 Å². The van der Waals surface area contributed by atoms with Crippen LogP contribution in [0.4, 0.5) is 0 Å². The zero-order valence-electron chi connectivity index (χ0n) is 14.0. The zero-order chi connectivity index (χ0) is 15.3. The summed E-state index contributed by atoms with van der Waals surface area (Å²) < 4.78 is 6.31. The van der Waals surface area contributed by atoms with Gasteiger partial charge in [-0.15, -0.1) is 0 Å². The van der Waals surface area contributed by atoms with Crippen LogP contribution in [0.2, 0.25) is 0 Å². The molecule has 1 aliphatic carbocycles. The fourth-order valence-corrected chi connectivity index (χ4v) is 3.54. The van der Waals surface area contributed by atoms with Gasteiger partial charge in [0.2, 0.25) is 0 Å². The summed E-state index contributed by atoms with van der Waals surface area (Å²) in [4.78, 5) is 4.11. The molecular weight excluding hydrogens is 260 g/mol. The molecule has 0 spiro atoms. The highest BCUT2D eigenvalue weighted by Crippen LogP contribution is 2.44. The Morgan fingerprint density at radius 2 is 1.81 bits per heavy atom. The van der Waals surface area contributed by atoms with Gasteiger partial charge in [-0.3, -0.25) is 4.98 Å². The lowest BCUT2D eigenvalue weighted by atomic mass is 9.67. The third-order valence-electron chi connectivity index (χ3n) is 5.05. The van der Waals surface area contributed by atoms with Crippen molar-refractivity contribution in [1.29, 1.82) is 0 Å². The van der Waals surface area contributed by atoms with E-state index in [4.69, 9.17) is 4.74 Å². The second-order valence-corrected chi connectivity index (χ2v) is 7.06. The molecular formula is C18H30N2O. The third-order valence-corrected chi connectivity index (χ3v) is 5.05. The van der Waals surface area contributed by atoms with Gasteiger partial charge in [-0.25, -0.2) is 0 Å². The molecule has 1 fully saturated rings. The van der Waals surface area contributed by atoms with Gasteiger partial charge in [0.1, 0.15) is 0 Å². The van der Waals surface area contributed by atoms with Gasteiger partial charge in [-0.1, -0.05) is 13.8 Å². The van der Waals surface area contributed by atoms with Gasteiger partial charge in [0.05, 0.1) is 5.60 Å². The first kappa shape index (κ1) is 16.4. The highest BCUT2D eigenvalue weighted by Gasteiger charge is 2.44. The van der Waals surface area contributed by atoms with Crippen LogP contribution >= 0.6 is 0 Å². The largest absolute Gasteiger partial charge is 0.374 e. The van der Waals surface area contributed by atoms with E-state index in [9.17, 15) is 0 Å². The minimum Gasteiger partial charge on any atom is -0.374 e. The summed E-state index contributed by atoms with van der Waals surface area (Å²) in [6, 6.07) is 4.57. The molecule has 1 aromatic rings. The number of aromatic nitrogens is 1. The molecule has 1 N–H and O–H groups in total. The Kier molecular flexibility index (Phi) is 5.39. The Labute approximate surface area is 129 Å². The molecule has 2 rings (SSSR count). The van der Waals surface area contributed by atoms with Crippen LogP contribution in [0.1, 0.15) is 52.0 Å². The monoisotopic (exact) mass is 290 g/mol. The van der Waals surface area contributed by atoms with Crippen molar-refractivity contribution in [2.24, 2.45) is 5.41 Å². The number of hydrogen-bond acceptors (Lipinski definition) is 3. The Morgan fingerprint density at radius 3 is 2.33 bits per heavy atom. The van der Waals surface area contributed by atoms with E-state index in [2.05, 4.69) is 50.3 Å². The first-order valence-electron chi connectivity index (χ1n) is 8.21. The van der Waals surface area contributed by atoms with Gasteiger partial charge < -0.3 is 10.1 Å². The highest BCUT2D eigenvalue weighted by molar-refractivity contribution is 5.14. The van der Waals surface area contributed by atoms with Crippen molar-refractivity contribution >= 4 is 0 Å². The maximum atomic E-state index is 6.31. The molecule has 1 atom stereocenters. The van der Waals surface area contributed by atoms with E-state index in [0.29, 0.717) is 11.5 Å². The van der Waals surface area contributed by atoms with Gasteiger partial charge in [-0.05, 0) is 69.2 Å². The summed E-state index contributed by atoms with van der Waals surface area (Å²) in [6.45, 7) is 7.65. The van der Waals surface area contributed by atoms with Crippen LogP contribution < -0.4 is 5.32 Å². The molecule has 0 amide bonds. The first-order valence-corrected chi connectivity index (χ1v) is 8.21. The normalized spacial score (nSPS) is 21.9. The molecule has 1 aliphatic rings. The van der Waals surface area contributed by atoms with Gasteiger partial charge in [0.15, 0.2) is 0 Å². The molecule has 118 valence electrons. The average Bonchev–Trinajstić information content (AvgIpc) is 2.49. The predicted molar refractivity (Wildman–Crippen MR) is 87.4 cm³/mol. The van der Waals surface area contributed by atoms with Crippen molar-refractivity contribution < 1.29 is 4.74 Å². The molecule has 0 radical (unpaired) electrons. The van der Waals surface area contributed by atoms with E-state index in [1.54, 1.807) is 0 Å².